The molecule has 10 heteroatoms. The minimum Gasteiger partial charge on any atom is -0.511 e. The van der Waals surface area contributed by atoms with E-state index in [9.17, 15) is 14.7 Å². The van der Waals surface area contributed by atoms with Gasteiger partial charge in [0.1, 0.15) is 27.6 Å². The fourth-order valence-corrected chi connectivity index (χ4v) is 6.66. The summed E-state index contributed by atoms with van der Waals surface area (Å²) in [5.41, 5.74) is 7.69. The number of hydrogen-bond donors (Lipinski definition) is 3. The number of carbonyl (C=O) groups is 1. The number of rotatable bonds is 7. The molecule has 0 bridgehead atoms. The van der Waals surface area contributed by atoms with Gasteiger partial charge in [0.25, 0.3) is 0 Å². The van der Waals surface area contributed by atoms with Crippen molar-refractivity contribution in [2.75, 3.05) is 6.54 Å². The zero-order chi connectivity index (χ0) is 27.8. The molecular formula is C30H29N5O4S. The molecule has 0 unspecified atom stereocenters. The molecule has 3 heterocycles. The number of thiophene rings is 1. The number of aliphatic hydroxyl groups excluding tert-OH is 1. The number of nitrogens with two attached hydrogens (primary N) is 1. The first-order chi connectivity index (χ1) is 19.4. The van der Waals surface area contributed by atoms with Gasteiger partial charge in [-0.2, -0.15) is 4.98 Å². The highest BCUT2D eigenvalue weighted by molar-refractivity contribution is 7.17. The van der Waals surface area contributed by atoms with Crippen molar-refractivity contribution in [2.45, 2.75) is 38.6 Å². The summed E-state index contributed by atoms with van der Waals surface area (Å²) >= 11 is 1.32. The minimum atomic E-state index is -0.443. The molecule has 5 aromatic rings. The highest BCUT2D eigenvalue weighted by Gasteiger charge is 2.30. The van der Waals surface area contributed by atoms with Gasteiger partial charge in [-0.25, -0.2) is 9.78 Å². The smallest absolute Gasteiger partial charge is 0.353 e. The molecule has 6 rings (SSSR count). The van der Waals surface area contributed by atoms with Crippen LogP contribution in [-0.4, -0.2) is 38.1 Å². The van der Waals surface area contributed by atoms with Crippen LogP contribution < -0.4 is 26.0 Å². The maximum atomic E-state index is 13.5. The summed E-state index contributed by atoms with van der Waals surface area (Å²) in [6, 6.07) is 16.9. The fourth-order valence-electron chi connectivity index (χ4n) is 5.61. The second-order valence-corrected chi connectivity index (χ2v) is 11.1. The van der Waals surface area contributed by atoms with E-state index in [1.807, 2.05) is 55.5 Å². The van der Waals surface area contributed by atoms with E-state index in [1.54, 1.807) is 16.8 Å². The van der Waals surface area contributed by atoms with Crippen molar-refractivity contribution in [3.63, 3.8) is 0 Å². The molecule has 4 N–H and O–H groups in total. The van der Waals surface area contributed by atoms with Crippen LogP contribution in [0.4, 0.5) is 0 Å². The van der Waals surface area contributed by atoms with Crippen molar-refractivity contribution in [2.24, 2.45) is 11.7 Å². The van der Waals surface area contributed by atoms with Crippen molar-refractivity contribution < 1.29 is 14.6 Å². The Morgan fingerprint density at radius 1 is 1.18 bits per heavy atom. The molecule has 0 radical (unpaired) electrons. The Morgan fingerprint density at radius 2 is 2.00 bits per heavy atom. The summed E-state index contributed by atoms with van der Waals surface area (Å²) in [6.07, 6.45) is 4.74. The minimum absolute atomic E-state index is 0.0384. The van der Waals surface area contributed by atoms with Crippen LogP contribution in [0.25, 0.3) is 32.7 Å². The number of aryl methyl sites for hydroxylation is 1. The first kappa shape index (κ1) is 26.0. The predicted octanol–water partition coefficient (Wildman–Crippen LogP) is 4.11. The largest absolute Gasteiger partial charge is 0.511 e. The van der Waals surface area contributed by atoms with Gasteiger partial charge in [0.2, 0.25) is 5.91 Å². The number of pyridine rings is 1. The lowest BCUT2D eigenvalue weighted by Gasteiger charge is -2.20. The van der Waals surface area contributed by atoms with E-state index in [0.29, 0.717) is 38.3 Å². The molecular weight excluding hydrogens is 526 g/mol. The van der Waals surface area contributed by atoms with Gasteiger partial charge >= 0.3 is 5.69 Å². The van der Waals surface area contributed by atoms with Crippen molar-refractivity contribution in [1.29, 1.82) is 0 Å². The van der Waals surface area contributed by atoms with Crippen LogP contribution in [-0.2, 0) is 4.79 Å². The van der Waals surface area contributed by atoms with Crippen LogP contribution in [0.1, 0.15) is 31.2 Å². The topological polar surface area (TPSA) is 132 Å². The lowest BCUT2D eigenvalue weighted by Crippen LogP contribution is -2.40. The third kappa shape index (κ3) is 4.80. The Kier molecular flexibility index (Phi) is 6.95. The number of ether oxygens (including phenoxy) is 1. The van der Waals surface area contributed by atoms with Crippen molar-refractivity contribution in [3.8, 4) is 17.2 Å². The molecule has 40 heavy (non-hydrogen) atoms. The summed E-state index contributed by atoms with van der Waals surface area (Å²) in [4.78, 5) is 35.0. The van der Waals surface area contributed by atoms with E-state index in [-0.39, 0.29) is 30.2 Å². The molecule has 2 atom stereocenters. The van der Waals surface area contributed by atoms with Gasteiger partial charge in [-0.15, -0.1) is 11.3 Å². The summed E-state index contributed by atoms with van der Waals surface area (Å²) < 4.78 is 8.09. The van der Waals surface area contributed by atoms with Crippen LogP contribution >= 0.6 is 11.3 Å². The number of para-hydroxylation sites is 1. The van der Waals surface area contributed by atoms with Gasteiger partial charge in [0.05, 0.1) is 27.7 Å². The lowest BCUT2D eigenvalue weighted by molar-refractivity contribution is -0.120. The van der Waals surface area contributed by atoms with Gasteiger partial charge < -0.3 is 20.9 Å². The highest BCUT2D eigenvalue weighted by Crippen LogP contribution is 2.33. The number of benzene rings is 2. The molecule has 1 amide bonds. The molecule has 1 saturated carbocycles. The quantitative estimate of drug-likeness (QED) is 0.275. The molecule has 0 aliphatic heterocycles. The molecule has 0 saturated heterocycles. The summed E-state index contributed by atoms with van der Waals surface area (Å²) in [5, 5.41) is 15.0. The van der Waals surface area contributed by atoms with E-state index in [0.717, 1.165) is 36.0 Å². The number of nitrogens with zero attached hydrogens (tertiary/aromatic N) is 3. The molecule has 9 nitrogen and oxygen atoms in total. The second kappa shape index (κ2) is 10.7. The third-order valence-electron chi connectivity index (χ3n) is 7.48. The van der Waals surface area contributed by atoms with Crippen LogP contribution in [0.5, 0.6) is 11.5 Å². The van der Waals surface area contributed by atoms with Gasteiger partial charge in [0, 0.05) is 18.7 Å². The van der Waals surface area contributed by atoms with Crippen molar-refractivity contribution >= 4 is 44.3 Å². The second-order valence-electron chi connectivity index (χ2n) is 10.1. The number of aliphatic hydroxyl groups is 1. The molecule has 1 fully saturated rings. The van der Waals surface area contributed by atoms with Crippen LogP contribution in [0, 0.1) is 12.8 Å². The average molecular weight is 556 g/mol. The zero-order valence-electron chi connectivity index (χ0n) is 22.0. The number of hydrogen-bond acceptors (Lipinski definition) is 8. The molecule has 3 aromatic heterocycles. The summed E-state index contributed by atoms with van der Waals surface area (Å²) in [6.45, 7) is 1.86. The average Bonchev–Trinajstić information content (AvgIpc) is 3.55. The molecule has 1 aliphatic carbocycles. The summed E-state index contributed by atoms with van der Waals surface area (Å²) in [7, 11) is 0. The van der Waals surface area contributed by atoms with Gasteiger partial charge in [-0.05, 0) is 67.6 Å². The zero-order valence-corrected chi connectivity index (χ0v) is 22.8. The van der Waals surface area contributed by atoms with E-state index >= 15 is 0 Å². The molecule has 204 valence electrons. The highest BCUT2D eigenvalue weighted by atomic mass is 32.1. The normalized spacial score (nSPS) is 17.9. The van der Waals surface area contributed by atoms with Gasteiger partial charge in [-0.3, -0.25) is 9.36 Å². The van der Waals surface area contributed by atoms with Crippen molar-refractivity contribution in [1.82, 2.24) is 19.9 Å². The number of aromatic nitrogens is 3. The maximum absolute atomic E-state index is 13.5. The maximum Gasteiger partial charge on any atom is 0.353 e. The van der Waals surface area contributed by atoms with Crippen LogP contribution in [0.2, 0.25) is 0 Å². The Hall–Kier alpha value is -4.28. The van der Waals surface area contributed by atoms with E-state index in [4.69, 9.17) is 10.5 Å². The monoisotopic (exact) mass is 555 g/mol. The number of amides is 1. The van der Waals surface area contributed by atoms with Crippen molar-refractivity contribution in [3.05, 3.63) is 81.4 Å². The SMILES string of the molecule is Cc1cc(Oc2ccccc2)ccc1-n1c(=O)nc2c(=C(O)C[C@H]3CCC[C@@H]3NC(=O)CN)sc3nccc1c32. The predicted molar refractivity (Wildman–Crippen MR) is 156 cm³/mol. The molecule has 1 aliphatic rings. The standard InChI is InChI=1S/C30H29N5O4S/c1-17-14-20(39-19-7-3-2-4-8-19)10-11-22(17)35-23-12-13-32-29-26(23)27(34-30(35)38)28(40-29)24(36)15-18-6-5-9-21(18)33-25(37)16-31/h2-4,7-8,10-14,18,21,36H,5-6,9,15-16,31H2,1H3,(H,33,37)/t18-,21+/m1/s1. The molecule has 2 aromatic carbocycles. The molecule has 0 spiro atoms. The number of carbonyl (C=O) groups excluding carboxylic acids is 1. The Bertz CT molecular complexity index is 1830. The number of nitrogens with one attached hydrogen (secondary N) is 1. The van der Waals surface area contributed by atoms with Crippen LogP contribution in [0.3, 0.4) is 0 Å². The first-order valence-electron chi connectivity index (χ1n) is 13.3. The Balaban J connectivity index is 1.40. The first-order valence-corrected chi connectivity index (χ1v) is 14.1. The third-order valence-corrected chi connectivity index (χ3v) is 8.62. The lowest BCUT2D eigenvalue weighted by atomic mass is 9.98. The van der Waals surface area contributed by atoms with E-state index < -0.39 is 5.69 Å². The van der Waals surface area contributed by atoms with E-state index in [1.165, 1.54) is 11.3 Å². The van der Waals surface area contributed by atoms with E-state index in [2.05, 4.69) is 15.3 Å². The van der Waals surface area contributed by atoms with Gasteiger partial charge in [0.15, 0.2) is 0 Å². The van der Waals surface area contributed by atoms with Crippen LogP contribution in [0.15, 0.2) is 65.6 Å². The Labute approximate surface area is 233 Å². The summed E-state index contributed by atoms with van der Waals surface area (Å²) in [5.74, 6) is 1.44. The van der Waals surface area contributed by atoms with Gasteiger partial charge in [-0.1, -0.05) is 24.6 Å². The Morgan fingerprint density at radius 3 is 2.77 bits per heavy atom. The fraction of sp³-hybridized carbons (Fsp3) is 0.267.